The largest absolute Gasteiger partial charge is 0.305 e. The molecule has 0 fully saturated rings. The van der Waals surface area contributed by atoms with Crippen molar-refractivity contribution in [1.29, 1.82) is 0 Å². The first kappa shape index (κ1) is 23.8. The molecule has 0 saturated heterocycles. The van der Waals surface area contributed by atoms with Gasteiger partial charge in [0, 0.05) is 5.41 Å². The molecule has 0 aliphatic rings. The number of hydrogen-bond donors (Lipinski definition) is 0. The van der Waals surface area contributed by atoms with Gasteiger partial charge in [0.15, 0.2) is 8.31 Å². The topological polar surface area (TPSA) is 17.1 Å². The standard InChI is InChI=1S/C25H37OSi3/c1-25(2,3)24(26)27(29(7,8)9)22(20-16-12-10-13-17-20)23(28(4,5)6)21-18-14-11-15-19-21/h10-19H,1-9H3/b23-22-. The summed E-state index contributed by atoms with van der Waals surface area (Å²) in [5.74, 6) is 0. The second-order valence-corrected chi connectivity index (χ2v) is 28.1. The average Bonchev–Trinajstić information content (AvgIpc) is 2.59. The van der Waals surface area contributed by atoms with Crippen LogP contribution in [-0.2, 0) is 4.79 Å². The molecule has 0 N–H and O–H groups in total. The second kappa shape index (κ2) is 8.70. The number of carbonyl (C=O) groups excluding carboxylic acids is 1. The third-order valence-corrected chi connectivity index (χ3v) is 17.0. The Labute approximate surface area is 181 Å². The van der Waals surface area contributed by atoms with Crippen molar-refractivity contribution < 1.29 is 4.79 Å². The van der Waals surface area contributed by atoms with Gasteiger partial charge in [-0.05, 0) is 16.3 Å². The summed E-state index contributed by atoms with van der Waals surface area (Å²) in [7, 11) is -4.91. The Morgan fingerprint density at radius 3 is 1.48 bits per heavy atom. The molecule has 0 spiro atoms. The molecular formula is C25H37OSi3. The van der Waals surface area contributed by atoms with Gasteiger partial charge in [-0.1, -0.05) is 126 Å². The molecule has 0 unspecified atom stereocenters. The van der Waals surface area contributed by atoms with Crippen LogP contribution < -0.4 is 0 Å². The number of benzene rings is 2. The quantitative estimate of drug-likeness (QED) is 0.348. The van der Waals surface area contributed by atoms with Crippen LogP contribution in [0, 0.1) is 5.41 Å². The molecule has 0 amide bonds. The van der Waals surface area contributed by atoms with E-state index in [0.29, 0.717) is 5.41 Å². The minimum atomic E-state index is -1.76. The molecule has 0 aliphatic heterocycles. The van der Waals surface area contributed by atoms with E-state index in [4.69, 9.17) is 0 Å². The zero-order valence-electron chi connectivity index (χ0n) is 19.7. The maximum absolute atomic E-state index is 14.0. The van der Waals surface area contributed by atoms with Crippen molar-refractivity contribution in [3.05, 3.63) is 71.8 Å². The highest BCUT2D eigenvalue weighted by Gasteiger charge is 2.45. The Kier molecular flexibility index (Phi) is 7.13. The second-order valence-electron chi connectivity index (χ2n) is 10.9. The lowest BCUT2D eigenvalue weighted by Crippen LogP contribution is -2.54. The molecule has 4 heteroatoms. The average molecular weight is 438 g/mol. The highest BCUT2D eigenvalue weighted by molar-refractivity contribution is 7.49. The lowest BCUT2D eigenvalue weighted by molar-refractivity contribution is -0.118. The fourth-order valence-corrected chi connectivity index (χ4v) is 17.1. The molecule has 0 saturated carbocycles. The van der Waals surface area contributed by atoms with Crippen LogP contribution in [0.2, 0.25) is 39.3 Å². The highest BCUT2D eigenvalue weighted by atomic mass is 29.2. The van der Waals surface area contributed by atoms with Crippen LogP contribution in [0.1, 0.15) is 31.9 Å². The number of hydrogen-bond acceptors (Lipinski definition) is 1. The molecule has 1 nitrogen and oxygen atoms in total. The Morgan fingerprint density at radius 2 is 1.14 bits per heavy atom. The van der Waals surface area contributed by atoms with Crippen molar-refractivity contribution in [2.24, 2.45) is 5.41 Å². The van der Waals surface area contributed by atoms with Crippen molar-refractivity contribution in [1.82, 2.24) is 0 Å². The zero-order valence-corrected chi connectivity index (χ0v) is 22.7. The zero-order chi connectivity index (χ0) is 22.0. The van der Waals surface area contributed by atoms with E-state index in [2.05, 4.69) is 121 Å². The summed E-state index contributed by atoms with van der Waals surface area (Å²) < 4.78 is 0. The molecule has 1 radical (unpaired) electrons. The van der Waals surface area contributed by atoms with Gasteiger partial charge in [0.1, 0.15) is 5.41 Å². The molecule has 0 bridgehead atoms. The van der Waals surface area contributed by atoms with Gasteiger partial charge >= 0.3 is 0 Å². The van der Waals surface area contributed by atoms with Gasteiger partial charge in [-0.15, -0.1) is 0 Å². The van der Waals surface area contributed by atoms with E-state index in [9.17, 15) is 4.79 Å². The van der Waals surface area contributed by atoms with E-state index in [1.165, 1.54) is 21.5 Å². The van der Waals surface area contributed by atoms with Crippen LogP contribution in [0.5, 0.6) is 0 Å². The minimum Gasteiger partial charge on any atom is -0.305 e. The normalized spacial score (nSPS) is 14.0. The molecule has 29 heavy (non-hydrogen) atoms. The Balaban J connectivity index is 3.01. The van der Waals surface area contributed by atoms with Crippen molar-refractivity contribution in [3.63, 3.8) is 0 Å². The van der Waals surface area contributed by atoms with Gasteiger partial charge in [0.25, 0.3) is 0 Å². The predicted molar refractivity (Wildman–Crippen MR) is 137 cm³/mol. The van der Waals surface area contributed by atoms with Crippen LogP contribution in [-0.4, -0.2) is 29.4 Å². The first-order chi connectivity index (χ1) is 13.2. The van der Waals surface area contributed by atoms with Crippen molar-refractivity contribution in [3.8, 4) is 0 Å². The summed E-state index contributed by atoms with van der Waals surface area (Å²) in [6.07, 6.45) is 0. The monoisotopic (exact) mass is 437 g/mol. The molecular weight excluding hydrogens is 401 g/mol. The molecule has 0 aliphatic carbocycles. The summed E-state index contributed by atoms with van der Waals surface area (Å²) >= 11 is 0. The van der Waals surface area contributed by atoms with E-state index in [0.717, 1.165) is 0 Å². The van der Waals surface area contributed by atoms with Crippen molar-refractivity contribution >= 4 is 39.8 Å². The fourth-order valence-electron chi connectivity index (χ4n) is 3.78. The molecule has 0 aromatic heterocycles. The Bertz CT molecular complexity index is 864. The predicted octanol–water partition coefficient (Wildman–Crippen LogP) is 7.08. The molecule has 0 atom stereocenters. The third kappa shape index (κ3) is 5.77. The van der Waals surface area contributed by atoms with Crippen LogP contribution in [0.15, 0.2) is 60.7 Å². The highest BCUT2D eigenvalue weighted by Crippen LogP contribution is 2.39. The summed E-state index contributed by atoms with van der Waals surface area (Å²) in [5, 5.41) is 3.34. The lowest BCUT2D eigenvalue weighted by Gasteiger charge is -2.37. The van der Waals surface area contributed by atoms with Crippen LogP contribution >= 0.6 is 0 Å². The Hall–Kier alpha value is -1.50. The van der Waals surface area contributed by atoms with Crippen LogP contribution in [0.4, 0.5) is 0 Å². The van der Waals surface area contributed by atoms with Crippen LogP contribution in [0.25, 0.3) is 10.4 Å². The van der Waals surface area contributed by atoms with E-state index in [1.54, 1.807) is 0 Å². The van der Waals surface area contributed by atoms with Gasteiger partial charge in [0.2, 0.25) is 0 Å². The first-order valence-corrected chi connectivity index (χ1v) is 20.0. The van der Waals surface area contributed by atoms with Gasteiger partial charge in [-0.2, -0.15) is 0 Å². The summed E-state index contributed by atoms with van der Waals surface area (Å²) in [6, 6.07) is 21.6. The molecule has 2 rings (SSSR count). The maximum atomic E-state index is 14.0. The minimum absolute atomic E-state index is 0.324. The SMILES string of the molecule is CC(C)(C)C(=O)[Si](/C(=C(/c1ccccc1)[Si](C)(C)C)c1ccccc1)[Si](C)(C)C. The fraction of sp³-hybridized carbons (Fsp3) is 0.400. The molecule has 2 aromatic carbocycles. The van der Waals surface area contributed by atoms with E-state index in [1.807, 2.05) is 0 Å². The van der Waals surface area contributed by atoms with Gasteiger partial charge in [0.05, 0.1) is 15.7 Å². The van der Waals surface area contributed by atoms with Crippen molar-refractivity contribution in [2.75, 3.05) is 0 Å². The van der Waals surface area contributed by atoms with Crippen molar-refractivity contribution in [2.45, 2.75) is 60.1 Å². The van der Waals surface area contributed by atoms with Gasteiger partial charge < -0.3 is 4.79 Å². The van der Waals surface area contributed by atoms with Gasteiger partial charge in [-0.3, -0.25) is 0 Å². The number of rotatable bonds is 6. The van der Waals surface area contributed by atoms with Crippen LogP contribution in [0.3, 0.4) is 0 Å². The number of carbonyl (C=O) groups is 1. The third-order valence-electron chi connectivity index (χ3n) is 5.03. The molecule has 155 valence electrons. The summed E-state index contributed by atoms with van der Waals surface area (Å²) in [6.45, 7) is 20.7. The van der Waals surface area contributed by atoms with E-state index < -0.39 is 24.0 Å². The maximum Gasteiger partial charge on any atom is 0.160 e. The Morgan fingerprint density at radius 1 is 0.724 bits per heavy atom. The van der Waals surface area contributed by atoms with Gasteiger partial charge in [-0.25, -0.2) is 0 Å². The first-order valence-electron chi connectivity index (χ1n) is 10.5. The lowest BCUT2D eigenvalue weighted by atomic mass is 9.99. The summed E-state index contributed by atoms with van der Waals surface area (Å²) in [5.41, 5.74) is 2.23. The molecule has 2 aromatic rings. The summed E-state index contributed by atoms with van der Waals surface area (Å²) in [4.78, 5) is 14.0. The molecule has 0 heterocycles. The van der Waals surface area contributed by atoms with E-state index >= 15 is 0 Å². The van der Waals surface area contributed by atoms with E-state index in [-0.39, 0.29) is 5.41 Å². The smallest absolute Gasteiger partial charge is 0.160 e.